The first-order valence-corrected chi connectivity index (χ1v) is 12.3. The zero-order valence-corrected chi connectivity index (χ0v) is 19.2. The largest absolute Gasteiger partial charge is 0.486 e. The molecule has 32 heavy (non-hydrogen) atoms. The first-order chi connectivity index (χ1) is 15.3. The Morgan fingerprint density at radius 3 is 2.44 bits per heavy atom. The van der Waals surface area contributed by atoms with Crippen LogP contribution in [0.15, 0.2) is 47.4 Å². The molecule has 0 bridgehead atoms. The second kappa shape index (κ2) is 9.48. The van der Waals surface area contributed by atoms with Crippen molar-refractivity contribution in [3.8, 4) is 11.5 Å². The van der Waals surface area contributed by atoms with E-state index in [1.165, 1.54) is 10.4 Å². The number of nitrogens with zero attached hydrogens (tertiary/aromatic N) is 2. The van der Waals surface area contributed by atoms with Crippen LogP contribution >= 0.6 is 0 Å². The maximum atomic E-state index is 13.1. The van der Waals surface area contributed by atoms with Gasteiger partial charge in [-0.3, -0.25) is 9.69 Å². The maximum absolute atomic E-state index is 13.1. The van der Waals surface area contributed by atoms with Gasteiger partial charge in [0.15, 0.2) is 11.5 Å². The average Bonchev–Trinajstić information content (AvgIpc) is 2.79. The molecule has 1 N–H and O–H groups in total. The number of aryl methyl sites for hydroxylation is 1. The van der Waals surface area contributed by atoms with Crippen LogP contribution in [0, 0.1) is 6.92 Å². The van der Waals surface area contributed by atoms with Crippen molar-refractivity contribution in [2.75, 3.05) is 45.9 Å². The lowest BCUT2D eigenvalue weighted by molar-refractivity contribution is -0.123. The normalized spacial score (nSPS) is 18.2. The van der Waals surface area contributed by atoms with Crippen LogP contribution < -0.4 is 14.8 Å². The molecule has 172 valence electrons. The van der Waals surface area contributed by atoms with Gasteiger partial charge < -0.3 is 14.8 Å². The standard InChI is InChI=1S/C23H29N3O5S/c1-17-5-3-4-6-20(17)18(2)24-23(27)16-25-9-11-26(12-10-25)32(28,29)19-7-8-21-22(15-19)31-14-13-30-21/h3-8,15,18H,9-14,16H2,1-2H3,(H,24,27). The summed E-state index contributed by atoms with van der Waals surface area (Å²) in [4.78, 5) is 14.7. The van der Waals surface area contributed by atoms with Crippen LogP contribution in [0.4, 0.5) is 0 Å². The second-order valence-corrected chi connectivity index (χ2v) is 10.1. The molecule has 0 aliphatic carbocycles. The molecule has 1 unspecified atom stereocenters. The highest BCUT2D eigenvalue weighted by Crippen LogP contribution is 2.33. The molecule has 1 fully saturated rings. The minimum atomic E-state index is -3.64. The van der Waals surface area contributed by atoms with Gasteiger partial charge in [0.05, 0.1) is 17.5 Å². The summed E-state index contributed by atoms with van der Waals surface area (Å²) in [5.74, 6) is 0.949. The molecule has 0 spiro atoms. The van der Waals surface area contributed by atoms with E-state index in [0.29, 0.717) is 50.9 Å². The summed E-state index contributed by atoms with van der Waals surface area (Å²) in [5.41, 5.74) is 2.23. The third-order valence-electron chi connectivity index (χ3n) is 5.88. The average molecular weight is 460 g/mol. The van der Waals surface area contributed by atoms with Crippen molar-refractivity contribution < 1.29 is 22.7 Å². The van der Waals surface area contributed by atoms with Gasteiger partial charge in [0.25, 0.3) is 0 Å². The van der Waals surface area contributed by atoms with Crippen molar-refractivity contribution in [1.29, 1.82) is 0 Å². The Kier molecular flexibility index (Phi) is 6.68. The quantitative estimate of drug-likeness (QED) is 0.711. The van der Waals surface area contributed by atoms with Crippen molar-refractivity contribution in [2.45, 2.75) is 24.8 Å². The number of nitrogens with one attached hydrogen (secondary N) is 1. The van der Waals surface area contributed by atoms with Gasteiger partial charge in [0.1, 0.15) is 13.2 Å². The molecule has 2 aromatic carbocycles. The van der Waals surface area contributed by atoms with Gasteiger partial charge in [0.2, 0.25) is 15.9 Å². The number of benzene rings is 2. The fourth-order valence-electron chi connectivity index (χ4n) is 4.10. The van der Waals surface area contributed by atoms with Gasteiger partial charge in [0, 0.05) is 32.2 Å². The zero-order chi connectivity index (χ0) is 22.7. The van der Waals surface area contributed by atoms with Crippen LogP contribution in [0.1, 0.15) is 24.1 Å². The van der Waals surface area contributed by atoms with Crippen LogP contribution in [0.2, 0.25) is 0 Å². The number of piperazine rings is 1. The number of amides is 1. The lowest BCUT2D eigenvalue weighted by Crippen LogP contribution is -2.51. The Labute approximate surface area is 189 Å². The smallest absolute Gasteiger partial charge is 0.243 e. The first kappa shape index (κ1) is 22.6. The lowest BCUT2D eigenvalue weighted by Gasteiger charge is -2.34. The number of fused-ring (bicyclic) bond motifs is 1. The van der Waals surface area contributed by atoms with E-state index in [-0.39, 0.29) is 23.4 Å². The second-order valence-electron chi connectivity index (χ2n) is 8.13. The van der Waals surface area contributed by atoms with Crippen molar-refractivity contribution in [2.24, 2.45) is 0 Å². The molecule has 1 saturated heterocycles. The van der Waals surface area contributed by atoms with Gasteiger partial charge in [-0.15, -0.1) is 0 Å². The highest BCUT2D eigenvalue weighted by atomic mass is 32.2. The van der Waals surface area contributed by atoms with E-state index in [1.54, 1.807) is 12.1 Å². The minimum absolute atomic E-state index is 0.0658. The van der Waals surface area contributed by atoms with E-state index in [4.69, 9.17) is 9.47 Å². The van der Waals surface area contributed by atoms with Gasteiger partial charge in [-0.05, 0) is 37.1 Å². The molecule has 1 atom stereocenters. The summed E-state index contributed by atoms with van der Waals surface area (Å²) < 4.78 is 38.6. The summed E-state index contributed by atoms with van der Waals surface area (Å²) in [7, 11) is -3.64. The molecule has 1 amide bonds. The van der Waals surface area contributed by atoms with Gasteiger partial charge in [-0.1, -0.05) is 24.3 Å². The van der Waals surface area contributed by atoms with Crippen LogP contribution in [0.25, 0.3) is 0 Å². The number of hydrogen-bond donors (Lipinski definition) is 1. The number of hydrogen-bond acceptors (Lipinski definition) is 6. The highest BCUT2D eigenvalue weighted by Gasteiger charge is 2.30. The molecular formula is C23H29N3O5S. The fourth-order valence-corrected chi connectivity index (χ4v) is 5.54. The summed E-state index contributed by atoms with van der Waals surface area (Å²) in [6, 6.07) is 12.6. The molecule has 0 radical (unpaired) electrons. The number of ether oxygens (including phenoxy) is 2. The first-order valence-electron chi connectivity index (χ1n) is 10.8. The SMILES string of the molecule is Cc1ccccc1C(C)NC(=O)CN1CCN(S(=O)(=O)c2ccc3c(c2)OCCO3)CC1. The predicted octanol–water partition coefficient (Wildman–Crippen LogP) is 1.95. The van der Waals surface area contributed by atoms with Crippen molar-refractivity contribution in [1.82, 2.24) is 14.5 Å². The summed E-state index contributed by atoms with van der Waals surface area (Å²) in [5, 5.41) is 3.04. The maximum Gasteiger partial charge on any atom is 0.243 e. The molecule has 2 aliphatic rings. The predicted molar refractivity (Wildman–Crippen MR) is 120 cm³/mol. The van der Waals surface area contributed by atoms with Crippen LogP contribution in [0.5, 0.6) is 11.5 Å². The third-order valence-corrected chi connectivity index (χ3v) is 7.78. The fraction of sp³-hybridized carbons (Fsp3) is 0.435. The Bertz CT molecular complexity index is 1080. The van der Waals surface area contributed by atoms with Crippen molar-refractivity contribution >= 4 is 15.9 Å². The molecule has 9 heteroatoms. The van der Waals surface area contributed by atoms with E-state index in [2.05, 4.69) is 5.32 Å². The molecule has 2 aliphatic heterocycles. The van der Waals surface area contributed by atoms with Crippen molar-refractivity contribution in [3.05, 3.63) is 53.6 Å². The van der Waals surface area contributed by atoms with E-state index in [1.807, 2.05) is 43.0 Å². The summed E-state index contributed by atoms with van der Waals surface area (Å²) in [6.45, 7) is 6.75. The monoisotopic (exact) mass is 459 g/mol. The third kappa shape index (κ3) is 4.90. The zero-order valence-electron chi connectivity index (χ0n) is 18.4. The molecular weight excluding hydrogens is 430 g/mol. The van der Waals surface area contributed by atoms with Crippen LogP contribution in [0.3, 0.4) is 0 Å². The van der Waals surface area contributed by atoms with Crippen LogP contribution in [-0.4, -0.2) is 69.5 Å². The Hall–Kier alpha value is -2.62. The molecule has 2 aromatic rings. The summed E-state index contributed by atoms with van der Waals surface area (Å²) >= 11 is 0. The van der Waals surface area contributed by atoms with Crippen molar-refractivity contribution in [3.63, 3.8) is 0 Å². The Morgan fingerprint density at radius 1 is 1.03 bits per heavy atom. The van der Waals surface area contributed by atoms with Gasteiger partial charge in [-0.2, -0.15) is 4.31 Å². The lowest BCUT2D eigenvalue weighted by atomic mass is 10.0. The Morgan fingerprint density at radius 2 is 1.72 bits per heavy atom. The van der Waals surface area contributed by atoms with E-state index in [9.17, 15) is 13.2 Å². The minimum Gasteiger partial charge on any atom is -0.486 e. The van der Waals surface area contributed by atoms with Crippen LogP contribution in [-0.2, 0) is 14.8 Å². The number of carbonyl (C=O) groups is 1. The summed E-state index contributed by atoms with van der Waals surface area (Å²) in [6.07, 6.45) is 0. The number of rotatable bonds is 6. The Balaban J connectivity index is 1.32. The van der Waals surface area contributed by atoms with E-state index >= 15 is 0 Å². The topological polar surface area (TPSA) is 88.2 Å². The van der Waals surface area contributed by atoms with Gasteiger partial charge in [-0.25, -0.2) is 8.42 Å². The molecule has 4 rings (SSSR count). The van der Waals surface area contributed by atoms with Gasteiger partial charge >= 0.3 is 0 Å². The highest BCUT2D eigenvalue weighted by molar-refractivity contribution is 7.89. The molecule has 0 saturated carbocycles. The van der Waals surface area contributed by atoms with E-state index in [0.717, 1.165) is 11.1 Å². The molecule has 8 nitrogen and oxygen atoms in total. The van der Waals surface area contributed by atoms with E-state index < -0.39 is 10.0 Å². The number of carbonyl (C=O) groups excluding carboxylic acids is 1. The molecule has 2 heterocycles. The number of sulfonamides is 1. The molecule has 0 aromatic heterocycles.